The molecule has 3 unspecified atom stereocenters. The SMILES string of the molecule is COCCNC(=O)CN(C)C1CC(C)CCC1CN. The highest BCUT2D eigenvalue weighted by Gasteiger charge is 2.31. The molecule has 0 heterocycles. The van der Waals surface area contributed by atoms with Gasteiger partial charge in [-0.3, -0.25) is 9.69 Å². The van der Waals surface area contributed by atoms with Crippen molar-refractivity contribution in [3.05, 3.63) is 0 Å². The fraction of sp³-hybridized carbons (Fsp3) is 0.929. The van der Waals surface area contributed by atoms with Gasteiger partial charge < -0.3 is 15.8 Å². The zero-order valence-corrected chi connectivity index (χ0v) is 12.5. The first-order valence-corrected chi connectivity index (χ1v) is 7.24. The van der Waals surface area contributed by atoms with Crippen LogP contribution in [0, 0.1) is 11.8 Å². The van der Waals surface area contributed by atoms with Crippen LogP contribution in [0.3, 0.4) is 0 Å². The Morgan fingerprint density at radius 1 is 1.47 bits per heavy atom. The summed E-state index contributed by atoms with van der Waals surface area (Å²) in [5.74, 6) is 1.31. The fourth-order valence-corrected chi connectivity index (χ4v) is 2.92. The lowest BCUT2D eigenvalue weighted by Gasteiger charge is -2.39. The molecular formula is C14H29N3O2. The van der Waals surface area contributed by atoms with E-state index in [-0.39, 0.29) is 5.91 Å². The Kier molecular flexibility index (Phi) is 7.34. The molecule has 5 nitrogen and oxygen atoms in total. The van der Waals surface area contributed by atoms with Gasteiger partial charge in [-0.05, 0) is 38.3 Å². The van der Waals surface area contributed by atoms with Gasteiger partial charge in [0, 0.05) is 19.7 Å². The Bertz CT molecular complexity index is 273. The van der Waals surface area contributed by atoms with Crippen LogP contribution in [0.2, 0.25) is 0 Å². The van der Waals surface area contributed by atoms with Gasteiger partial charge in [-0.1, -0.05) is 13.3 Å². The van der Waals surface area contributed by atoms with E-state index >= 15 is 0 Å². The van der Waals surface area contributed by atoms with Gasteiger partial charge in [0.1, 0.15) is 0 Å². The number of likely N-dealkylation sites (N-methyl/N-ethyl adjacent to an activating group) is 1. The smallest absolute Gasteiger partial charge is 0.234 e. The monoisotopic (exact) mass is 271 g/mol. The zero-order chi connectivity index (χ0) is 14.3. The van der Waals surface area contributed by atoms with Crippen LogP contribution in [0.25, 0.3) is 0 Å². The van der Waals surface area contributed by atoms with Gasteiger partial charge in [-0.2, -0.15) is 0 Å². The van der Waals surface area contributed by atoms with Crippen molar-refractivity contribution >= 4 is 5.91 Å². The maximum absolute atomic E-state index is 11.8. The summed E-state index contributed by atoms with van der Waals surface area (Å²) in [5.41, 5.74) is 5.86. The van der Waals surface area contributed by atoms with E-state index in [1.165, 1.54) is 12.8 Å². The average molecular weight is 271 g/mol. The van der Waals surface area contributed by atoms with E-state index in [4.69, 9.17) is 10.5 Å². The maximum Gasteiger partial charge on any atom is 0.234 e. The molecular weight excluding hydrogens is 242 g/mol. The van der Waals surface area contributed by atoms with Crippen molar-refractivity contribution < 1.29 is 9.53 Å². The topological polar surface area (TPSA) is 67.6 Å². The van der Waals surface area contributed by atoms with Gasteiger partial charge in [0.15, 0.2) is 0 Å². The number of nitrogens with two attached hydrogens (primary N) is 1. The van der Waals surface area contributed by atoms with Gasteiger partial charge in [0.05, 0.1) is 13.2 Å². The Morgan fingerprint density at radius 2 is 2.21 bits per heavy atom. The Hall–Kier alpha value is -0.650. The molecule has 0 radical (unpaired) electrons. The summed E-state index contributed by atoms with van der Waals surface area (Å²) in [6.07, 6.45) is 3.58. The first kappa shape index (κ1) is 16.4. The van der Waals surface area contributed by atoms with Gasteiger partial charge in [-0.15, -0.1) is 0 Å². The Labute approximate surface area is 116 Å². The normalized spacial score (nSPS) is 27.5. The van der Waals surface area contributed by atoms with Crippen LogP contribution >= 0.6 is 0 Å². The molecule has 1 aliphatic rings. The Morgan fingerprint density at radius 3 is 2.84 bits per heavy atom. The van der Waals surface area contributed by atoms with Crippen LogP contribution in [0.4, 0.5) is 0 Å². The van der Waals surface area contributed by atoms with Crippen molar-refractivity contribution in [1.82, 2.24) is 10.2 Å². The average Bonchev–Trinajstić information content (AvgIpc) is 2.39. The van der Waals surface area contributed by atoms with Crippen LogP contribution in [0.5, 0.6) is 0 Å². The van der Waals surface area contributed by atoms with Gasteiger partial charge in [0.2, 0.25) is 5.91 Å². The summed E-state index contributed by atoms with van der Waals surface area (Å²) in [7, 11) is 3.66. The fourth-order valence-electron chi connectivity index (χ4n) is 2.92. The molecule has 0 aromatic carbocycles. The molecule has 19 heavy (non-hydrogen) atoms. The molecule has 0 aromatic rings. The highest BCUT2D eigenvalue weighted by Crippen LogP contribution is 2.30. The van der Waals surface area contributed by atoms with Crippen molar-refractivity contribution in [3.8, 4) is 0 Å². The van der Waals surface area contributed by atoms with Gasteiger partial charge >= 0.3 is 0 Å². The minimum atomic E-state index is 0.0635. The van der Waals surface area contributed by atoms with Crippen LogP contribution in [0.1, 0.15) is 26.2 Å². The maximum atomic E-state index is 11.8. The lowest BCUT2D eigenvalue weighted by molar-refractivity contribution is -0.123. The number of amides is 1. The lowest BCUT2D eigenvalue weighted by Crippen LogP contribution is -2.48. The lowest BCUT2D eigenvalue weighted by atomic mass is 9.78. The van der Waals surface area contributed by atoms with E-state index in [1.54, 1.807) is 7.11 Å². The highest BCUT2D eigenvalue weighted by molar-refractivity contribution is 5.77. The molecule has 1 amide bonds. The van der Waals surface area contributed by atoms with E-state index in [9.17, 15) is 4.79 Å². The van der Waals surface area contributed by atoms with Crippen LogP contribution in [-0.2, 0) is 9.53 Å². The quantitative estimate of drug-likeness (QED) is 0.660. The number of ether oxygens (including phenoxy) is 1. The number of carbonyl (C=O) groups excluding carboxylic acids is 1. The molecule has 5 heteroatoms. The summed E-state index contributed by atoms with van der Waals surface area (Å²) in [4.78, 5) is 14.0. The third-order valence-corrected chi connectivity index (χ3v) is 4.11. The van der Waals surface area contributed by atoms with Crippen molar-refractivity contribution in [1.29, 1.82) is 0 Å². The molecule has 0 spiro atoms. The standard InChI is InChI=1S/C14H29N3O2/c1-11-4-5-12(9-15)13(8-11)17(2)10-14(18)16-6-7-19-3/h11-13H,4-10,15H2,1-3H3,(H,16,18). The molecule has 0 aromatic heterocycles. The summed E-state index contributed by atoms with van der Waals surface area (Å²) < 4.78 is 4.92. The number of rotatable bonds is 7. The zero-order valence-electron chi connectivity index (χ0n) is 12.5. The summed E-state index contributed by atoms with van der Waals surface area (Å²) >= 11 is 0. The number of hydrogen-bond donors (Lipinski definition) is 2. The van der Waals surface area contributed by atoms with Crippen molar-refractivity contribution in [2.75, 3.05) is 40.4 Å². The largest absolute Gasteiger partial charge is 0.383 e. The number of methoxy groups -OCH3 is 1. The third kappa shape index (κ3) is 5.47. The predicted octanol–water partition coefficient (Wildman–Crippen LogP) is 0.444. The van der Waals surface area contributed by atoms with Crippen LogP contribution in [-0.4, -0.2) is 57.2 Å². The second kappa shape index (κ2) is 8.51. The third-order valence-electron chi connectivity index (χ3n) is 4.11. The predicted molar refractivity (Wildman–Crippen MR) is 76.9 cm³/mol. The number of nitrogens with zero attached hydrogens (tertiary/aromatic N) is 1. The first-order chi connectivity index (χ1) is 9.08. The minimum Gasteiger partial charge on any atom is -0.383 e. The van der Waals surface area contributed by atoms with Crippen molar-refractivity contribution in [3.63, 3.8) is 0 Å². The van der Waals surface area contributed by atoms with E-state index in [2.05, 4.69) is 17.1 Å². The number of hydrogen-bond acceptors (Lipinski definition) is 4. The van der Waals surface area contributed by atoms with Gasteiger partial charge in [0.25, 0.3) is 0 Å². The molecule has 0 saturated heterocycles. The van der Waals surface area contributed by atoms with E-state index in [1.807, 2.05) is 7.05 Å². The molecule has 1 aliphatic carbocycles. The molecule has 1 rings (SSSR count). The second-order valence-electron chi connectivity index (χ2n) is 5.74. The minimum absolute atomic E-state index is 0.0635. The molecule has 3 atom stereocenters. The van der Waals surface area contributed by atoms with E-state index in [0.717, 1.165) is 12.3 Å². The number of nitrogens with one attached hydrogen (secondary N) is 1. The summed E-state index contributed by atoms with van der Waals surface area (Å²) in [6, 6.07) is 0.432. The molecule has 1 saturated carbocycles. The molecule has 1 fully saturated rings. The Balaban J connectivity index is 2.41. The molecule has 3 N–H and O–H groups in total. The molecule has 112 valence electrons. The van der Waals surface area contributed by atoms with Crippen molar-refractivity contribution in [2.45, 2.75) is 32.2 Å². The summed E-state index contributed by atoms with van der Waals surface area (Å²) in [6.45, 7) is 4.57. The van der Waals surface area contributed by atoms with E-state index in [0.29, 0.717) is 38.2 Å². The van der Waals surface area contributed by atoms with E-state index < -0.39 is 0 Å². The molecule has 0 aliphatic heterocycles. The van der Waals surface area contributed by atoms with Crippen LogP contribution in [0.15, 0.2) is 0 Å². The van der Waals surface area contributed by atoms with Crippen molar-refractivity contribution in [2.24, 2.45) is 17.6 Å². The second-order valence-corrected chi connectivity index (χ2v) is 5.74. The van der Waals surface area contributed by atoms with Crippen LogP contribution < -0.4 is 11.1 Å². The van der Waals surface area contributed by atoms with Gasteiger partial charge in [-0.25, -0.2) is 0 Å². The molecule has 0 bridgehead atoms. The highest BCUT2D eigenvalue weighted by atomic mass is 16.5. The summed E-state index contributed by atoms with van der Waals surface area (Å²) in [5, 5.41) is 2.86. The first-order valence-electron chi connectivity index (χ1n) is 7.24. The number of carbonyl (C=O) groups is 1.